The molecule has 0 spiro atoms. The second-order valence-electron chi connectivity index (χ2n) is 5.15. The van der Waals surface area contributed by atoms with Crippen LogP contribution in [0, 0.1) is 11.8 Å². The molecule has 0 radical (unpaired) electrons. The van der Waals surface area contributed by atoms with Crippen LogP contribution in [0.2, 0.25) is 5.02 Å². The molecule has 0 bridgehead atoms. The highest BCUT2D eigenvalue weighted by Gasteiger charge is 2.28. The first kappa shape index (κ1) is 13.4. The molecule has 1 fully saturated rings. The molecule has 1 N–H and O–H groups in total. The molecule has 1 aromatic carbocycles. The van der Waals surface area contributed by atoms with Gasteiger partial charge < -0.3 is 5.32 Å². The van der Waals surface area contributed by atoms with Gasteiger partial charge in [-0.2, -0.15) is 0 Å². The Balaban J connectivity index is 1.92. The Morgan fingerprint density at radius 2 is 2.12 bits per heavy atom. The Labute approximate surface area is 117 Å². The van der Waals surface area contributed by atoms with Gasteiger partial charge in [0.15, 0.2) is 0 Å². The van der Waals surface area contributed by atoms with Crippen molar-refractivity contribution in [3.8, 4) is 0 Å². The van der Waals surface area contributed by atoms with Crippen LogP contribution in [0.3, 0.4) is 0 Å². The predicted octanol–water partition coefficient (Wildman–Crippen LogP) is 4.63. The van der Waals surface area contributed by atoms with Crippen molar-refractivity contribution in [2.45, 2.75) is 39.3 Å². The van der Waals surface area contributed by atoms with E-state index >= 15 is 0 Å². The lowest BCUT2D eigenvalue weighted by Crippen LogP contribution is -2.31. The molecule has 1 aromatic rings. The fourth-order valence-electron chi connectivity index (χ4n) is 2.55. The molecular weight excluding hydrogens is 298 g/mol. The van der Waals surface area contributed by atoms with E-state index in [0.29, 0.717) is 6.04 Å². The Kier molecular flexibility index (Phi) is 4.51. The fraction of sp³-hybridized carbons (Fsp3) is 0.571. The fourth-order valence-corrected chi connectivity index (χ4v) is 3.00. The number of rotatable bonds is 3. The number of benzene rings is 1. The first-order valence-electron chi connectivity index (χ1n) is 6.25. The summed E-state index contributed by atoms with van der Waals surface area (Å²) >= 11 is 9.50. The summed E-state index contributed by atoms with van der Waals surface area (Å²) in [7, 11) is 0. The van der Waals surface area contributed by atoms with Crippen LogP contribution in [0.4, 0.5) is 0 Å². The highest BCUT2D eigenvalue weighted by Crippen LogP contribution is 2.31. The van der Waals surface area contributed by atoms with Crippen molar-refractivity contribution in [1.29, 1.82) is 0 Å². The zero-order chi connectivity index (χ0) is 12.4. The molecule has 3 unspecified atom stereocenters. The van der Waals surface area contributed by atoms with E-state index in [-0.39, 0.29) is 0 Å². The van der Waals surface area contributed by atoms with E-state index in [9.17, 15) is 0 Å². The minimum atomic E-state index is 0.660. The minimum absolute atomic E-state index is 0.660. The van der Waals surface area contributed by atoms with E-state index in [0.717, 1.165) is 27.9 Å². The van der Waals surface area contributed by atoms with Crippen molar-refractivity contribution in [2.75, 3.05) is 0 Å². The minimum Gasteiger partial charge on any atom is -0.310 e. The maximum Gasteiger partial charge on any atom is 0.0551 e. The largest absolute Gasteiger partial charge is 0.310 e. The lowest BCUT2D eigenvalue weighted by molar-refractivity contribution is 0.370. The van der Waals surface area contributed by atoms with Crippen LogP contribution in [-0.4, -0.2) is 6.04 Å². The van der Waals surface area contributed by atoms with Crippen molar-refractivity contribution < 1.29 is 0 Å². The van der Waals surface area contributed by atoms with Crippen LogP contribution in [0.25, 0.3) is 0 Å². The Morgan fingerprint density at radius 3 is 2.71 bits per heavy atom. The summed E-state index contributed by atoms with van der Waals surface area (Å²) in [6.07, 6.45) is 2.65. The third-order valence-electron chi connectivity index (χ3n) is 4.02. The molecule has 3 atom stereocenters. The number of nitrogens with one attached hydrogen (secondary N) is 1. The SMILES string of the molecule is CC1CCC(NCc2ccc(Br)c(Cl)c2)C1C. The van der Waals surface area contributed by atoms with Gasteiger partial charge >= 0.3 is 0 Å². The first-order valence-corrected chi connectivity index (χ1v) is 7.42. The lowest BCUT2D eigenvalue weighted by atomic mass is 9.98. The normalized spacial score (nSPS) is 28.6. The molecular formula is C14H19BrClN. The molecule has 0 saturated heterocycles. The van der Waals surface area contributed by atoms with Crippen LogP contribution in [-0.2, 0) is 6.54 Å². The van der Waals surface area contributed by atoms with Gasteiger partial charge in [0.2, 0.25) is 0 Å². The molecule has 1 aliphatic rings. The summed E-state index contributed by atoms with van der Waals surface area (Å²) in [4.78, 5) is 0. The average molecular weight is 317 g/mol. The number of hydrogen-bond donors (Lipinski definition) is 1. The van der Waals surface area contributed by atoms with Crippen molar-refractivity contribution in [1.82, 2.24) is 5.32 Å². The monoisotopic (exact) mass is 315 g/mol. The average Bonchev–Trinajstić information content (AvgIpc) is 2.62. The lowest BCUT2D eigenvalue weighted by Gasteiger charge is -2.19. The first-order chi connectivity index (χ1) is 8.08. The molecule has 1 aliphatic carbocycles. The molecule has 0 heterocycles. The van der Waals surface area contributed by atoms with Crippen molar-refractivity contribution in [2.24, 2.45) is 11.8 Å². The third-order valence-corrected chi connectivity index (χ3v) is 5.25. The van der Waals surface area contributed by atoms with Gasteiger partial charge in [-0.15, -0.1) is 0 Å². The summed E-state index contributed by atoms with van der Waals surface area (Å²) in [5.41, 5.74) is 1.25. The van der Waals surface area contributed by atoms with Gasteiger partial charge in [-0.25, -0.2) is 0 Å². The van der Waals surface area contributed by atoms with E-state index in [1.54, 1.807) is 0 Å². The highest BCUT2D eigenvalue weighted by atomic mass is 79.9. The molecule has 3 heteroatoms. The molecule has 17 heavy (non-hydrogen) atoms. The van der Waals surface area contributed by atoms with Crippen molar-refractivity contribution in [3.63, 3.8) is 0 Å². The molecule has 94 valence electrons. The zero-order valence-corrected chi connectivity index (χ0v) is 12.7. The van der Waals surface area contributed by atoms with E-state index in [4.69, 9.17) is 11.6 Å². The molecule has 1 nitrogen and oxygen atoms in total. The zero-order valence-electron chi connectivity index (χ0n) is 10.3. The van der Waals surface area contributed by atoms with Crippen LogP contribution >= 0.6 is 27.5 Å². The standard InChI is InChI=1S/C14H19BrClN/c1-9-3-6-14(10(9)2)17-8-11-4-5-12(15)13(16)7-11/h4-5,7,9-10,14,17H,3,6,8H2,1-2H3. The molecule has 0 aliphatic heterocycles. The van der Waals surface area contributed by atoms with Crippen LogP contribution in [0.5, 0.6) is 0 Å². The Bertz CT molecular complexity index is 394. The molecule has 2 rings (SSSR count). The number of hydrogen-bond acceptors (Lipinski definition) is 1. The van der Waals surface area contributed by atoms with Crippen molar-refractivity contribution >= 4 is 27.5 Å². The molecule has 1 saturated carbocycles. The van der Waals surface area contributed by atoms with Gasteiger partial charge in [0.05, 0.1) is 5.02 Å². The smallest absolute Gasteiger partial charge is 0.0551 e. The van der Waals surface area contributed by atoms with Gasteiger partial charge in [-0.3, -0.25) is 0 Å². The number of halogens is 2. The summed E-state index contributed by atoms with van der Waals surface area (Å²) in [6, 6.07) is 6.82. The highest BCUT2D eigenvalue weighted by molar-refractivity contribution is 9.10. The maximum absolute atomic E-state index is 6.09. The van der Waals surface area contributed by atoms with Crippen LogP contribution in [0.1, 0.15) is 32.3 Å². The van der Waals surface area contributed by atoms with Gasteiger partial charge in [0, 0.05) is 17.1 Å². The maximum atomic E-state index is 6.09. The van der Waals surface area contributed by atoms with Gasteiger partial charge in [0.25, 0.3) is 0 Å². The molecule has 0 amide bonds. The summed E-state index contributed by atoms with van der Waals surface area (Å²) in [5.74, 6) is 1.63. The second-order valence-corrected chi connectivity index (χ2v) is 6.41. The predicted molar refractivity (Wildman–Crippen MR) is 77.3 cm³/mol. The molecule has 0 aromatic heterocycles. The topological polar surface area (TPSA) is 12.0 Å². The second kappa shape index (κ2) is 5.73. The van der Waals surface area contributed by atoms with E-state index in [1.807, 2.05) is 12.1 Å². The van der Waals surface area contributed by atoms with E-state index < -0.39 is 0 Å². The van der Waals surface area contributed by atoms with Gasteiger partial charge in [0.1, 0.15) is 0 Å². The van der Waals surface area contributed by atoms with Crippen LogP contribution in [0.15, 0.2) is 22.7 Å². The summed E-state index contributed by atoms with van der Waals surface area (Å²) in [5, 5.41) is 4.44. The van der Waals surface area contributed by atoms with Crippen LogP contribution < -0.4 is 5.32 Å². The summed E-state index contributed by atoms with van der Waals surface area (Å²) < 4.78 is 0.964. The van der Waals surface area contributed by atoms with Gasteiger partial charge in [-0.1, -0.05) is 31.5 Å². The van der Waals surface area contributed by atoms with Crippen molar-refractivity contribution in [3.05, 3.63) is 33.3 Å². The van der Waals surface area contributed by atoms with E-state index in [2.05, 4.69) is 41.2 Å². The third kappa shape index (κ3) is 3.24. The Morgan fingerprint density at radius 1 is 1.35 bits per heavy atom. The quantitative estimate of drug-likeness (QED) is 0.857. The van der Waals surface area contributed by atoms with E-state index in [1.165, 1.54) is 18.4 Å². The summed E-state index contributed by atoms with van der Waals surface area (Å²) in [6.45, 7) is 5.61. The van der Waals surface area contributed by atoms with Gasteiger partial charge in [-0.05, 0) is 58.3 Å². The Hall–Kier alpha value is -0.0500.